The lowest BCUT2D eigenvalue weighted by atomic mass is 10.1. The normalized spacial score (nSPS) is 13.2. The molecule has 0 aliphatic heterocycles. The monoisotopic (exact) mass is 356 g/mol. The Kier molecular flexibility index (Phi) is 5.31. The molecule has 0 N–H and O–H groups in total. The van der Waals surface area contributed by atoms with E-state index in [1.54, 1.807) is 0 Å². The minimum atomic E-state index is 0.709. The van der Waals surface area contributed by atoms with Gasteiger partial charge in [-0.15, -0.1) is 0 Å². The molecule has 2 nitrogen and oxygen atoms in total. The van der Waals surface area contributed by atoms with Crippen LogP contribution in [0.3, 0.4) is 0 Å². The third-order valence-electron chi connectivity index (χ3n) is 1.96. The van der Waals surface area contributed by atoms with E-state index >= 15 is 0 Å². The van der Waals surface area contributed by atoms with Gasteiger partial charge in [-0.1, -0.05) is 29.3 Å². The Morgan fingerprint density at radius 2 is 2.46 bits per heavy atom. The molecule has 0 aromatic carbocycles. The van der Waals surface area contributed by atoms with Gasteiger partial charge in [0.15, 0.2) is 0 Å². The lowest BCUT2D eigenvalue weighted by Crippen LogP contribution is -2.12. The van der Waals surface area contributed by atoms with Crippen molar-refractivity contribution in [1.82, 2.24) is 9.78 Å². The van der Waals surface area contributed by atoms with E-state index in [2.05, 4.69) is 56.7 Å². The average molecular weight is 357 g/mol. The van der Waals surface area contributed by atoms with Crippen LogP contribution in [0.15, 0.2) is 12.4 Å². The summed E-state index contributed by atoms with van der Waals surface area (Å²) in [6.07, 6.45) is 6.50. The zero-order chi connectivity index (χ0) is 9.68. The number of halogens is 2. The van der Waals surface area contributed by atoms with E-state index in [0.717, 1.165) is 11.9 Å². The Morgan fingerprint density at radius 3 is 2.92 bits per heavy atom. The number of hydrogen-bond donors (Lipinski definition) is 0. The minimum absolute atomic E-state index is 0.709. The van der Waals surface area contributed by atoms with Gasteiger partial charge in [-0.2, -0.15) is 5.10 Å². The van der Waals surface area contributed by atoms with Gasteiger partial charge in [0.25, 0.3) is 0 Å². The Labute approximate surface area is 101 Å². The van der Waals surface area contributed by atoms with Gasteiger partial charge >= 0.3 is 0 Å². The summed E-state index contributed by atoms with van der Waals surface area (Å²) in [4.78, 5) is 0. The van der Waals surface area contributed by atoms with E-state index < -0.39 is 0 Å². The van der Waals surface area contributed by atoms with E-state index in [1.165, 1.54) is 16.4 Å². The SMILES string of the molecule is CCCC(CBr)Cn1cc(I)cn1. The van der Waals surface area contributed by atoms with Crippen molar-refractivity contribution in [3.05, 3.63) is 16.0 Å². The predicted molar refractivity (Wildman–Crippen MR) is 67.1 cm³/mol. The highest BCUT2D eigenvalue weighted by Gasteiger charge is 2.07. The Morgan fingerprint density at radius 1 is 1.69 bits per heavy atom. The molecule has 0 amide bonds. The molecular weight excluding hydrogens is 343 g/mol. The fourth-order valence-corrected chi connectivity index (χ4v) is 2.30. The van der Waals surface area contributed by atoms with Gasteiger partial charge < -0.3 is 0 Å². The van der Waals surface area contributed by atoms with Crippen LogP contribution in [-0.4, -0.2) is 15.1 Å². The first-order chi connectivity index (χ1) is 6.26. The summed E-state index contributed by atoms with van der Waals surface area (Å²) in [7, 11) is 0. The van der Waals surface area contributed by atoms with Gasteiger partial charge in [0, 0.05) is 18.1 Å². The first kappa shape index (κ1) is 11.5. The maximum Gasteiger partial charge on any atom is 0.0623 e. The molecule has 13 heavy (non-hydrogen) atoms. The summed E-state index contributed by atoms with van der Waals surface area (Å²) in [6, 6.07) is 0. The maximum absolute atomic E-state index is 4.27. The highest BCUT2D eigenvalue weighted by Crippen LogP contribution is 2.12. The minimum Gasteiger partial charge on any atom is -0.271 e. The molecule has 0 aliphatic rings. The molecule has 1 rings (SSSR count). The van der Waals surface area contributed by atoms with Crippen LogP contribution in [-0.2, 0) is 6.54 Å². The molecule has 74 valence electrons. The van der Waals surface area contributed by atoms with Crippen LogP contribution in [0.5, 0.6) is 0 Å². The van der Waals surface area contributed by atoms with Gasteiger partial charge in [0.1, 0.15) is 0 Å². The molecule has 0 aliphatic carbocycles. The highest BCUT2D eigenvalue weighted by atomic mass is 127. The van der Waals surface area contributed by atoms with Crippen molar-refractivity contribution in [2.45, 2.75) is 26.3 Å². The topological polar surface area (TPSA) is 17.8 Å². The van der Waals surface area contributed by atoms with Crippen LogP contribution in [0.4, 0.5) is 0 Å². The number of alkyl halides is 1. The van der Waals surface area contributed by atoms with Crippen LogP contribution >= 0.6 is 38.5 Å². The first-order valence-corrected chi connectivity index (χ1v) is 6.70. The van der Waals surface area contributed by atoms with Crippen molar-refractivity contribution in [2.75, 3.05) is 5.33 Å². The second-order valence-electron chi connectivity index (χ2n) is 3.19. The standard InChI is InChI=1S/C9H14BrIN2/c1-2-3-8(4-10)6-13-7-9(11)5-12-13/h5,7-8H,2-4,6H2,1H3. The van der Waals surface area contributed by atoms with Gasteiger partial charge in [-0.25, -0.2) is 0 Å². The number of nitrogens with zero attached hydrogens (tertiary/aromatic N) is 2. The third kappa shape index (κ3) is 3.97. The fourth-order valence-electron chi connectivity index (χ4n) is 1.33. The average Bonchev–Trinajstić information content (AvgIpc) is 2.50. The summed E-state index contributed by atoms with van der Waals surface area (Å²) in [5, 5.41) is 5.34. The van der Waals surface area contributed by atoms with E-state index in [4.69, 9.17) is 0 Å². The van der Waals surface area contributed by atoms with Gasteiger partial charge in [0.2, 0.25) is 0 Å². The Hall–Kier alpha value is 0.420. The number of hydrogen-bond acceptors (Lipinski definition) is 1. The summed E-state index contributed by atoms with van der Waals surface area (Å²) in [5.41, 5.74) is 0. The molecule has 1 atom stereocenters. The van der Waals surface area contributed by atoms with Crippen LogP contribution in [0, 0.1) is 9.49 Å². The van der Waals surface area contributed by atoms with Crippen molar-refractivity contribution < 1.29 is 0 Å². The van der Waals surface area contributed by atoms with Crippen molar-refractivity contribution in [1.29, 1.82) is 0 Å². The van der Waals surface area contributed by atoms with Crippen molar-refractivity contribution in [2.24, 2.45) is 5.92 Å². The van der Waals surface area contributed by atoms with Crippen molar-refractivity contribution in [3.8, 4) is 0 Å². The Bertz CT molecular complexity index is 250. The molecule has 0 radical (unpaired) electrons. The zero-order valence-corrected chi connectivity index (χ0v) is 11.5. The molecule has 0 saturated carbocycles. The molecule has 0 spiro atoms. The molecule has 0 bridgehead atoms. The number of aromatic nitrogens is 2. The summed E-state index contributed by atoms with van der Waals surface area (Å²) in [6.45, 7) is 3.25. The molecule has 1 aromatic heterocycles. The maximum atomic E-state index is 4.27. The zero-order valence-electron chi connectivity index (χ0n) is 7.71. The summed E-state index contributed by atoms with van der Waals surface area (Å²) < 4.78 is 3.24. The highest BCUT2D eigenvalue weighted by molar-refractivity contribution is 14.1. The lowest BCUT2D eigenvalue weighted by Gasteiger charge is -2.12. The molecular formula is C9H14BrIN2. The first-order valence-electron chi connectivity index (χ1n) is 4.50. The Balaban J connectivity index is 2.46. The molecule has 0 saturated heterocycles. The molecule has 1 heterocycles. The third-order valence-corrected chi connectivity index (χ3v) is 3.43. The van der Waals surface area contributed by atoms with Crippen LogP contribution in [0.25, 0.3) is 0 Å². The predicted octanol–water partition coefficient (Wildman–Crippen LogP) is 3.30. The molecule has 0 fully saturated rings. The number of rotatable bonds is 5. The van der Waals surface area contributed by atoms with Crippen LogP contribution in [0.2, 0.25) is 0 Å². The quantitative estimate of drug-likeness (QED) is 0.584. The second-order valence-corrected chi connectivity index (χ2v) is 5.08. The van der Waals surface area contributed by atoms with Gasteiger partial charge in [-0.3, -0.25) is 4.68 Å². The summed E-state index contributed by atoms with van der Waals surface area (Å²) >= 11 is 5.82. The van der Waals surface area contributed by atoms with Crippen LogP contribution < -0.4 is 0 Å². The van der Waals surface area contributed by atoms with E-state index in [1.807, 2.05) is 10.9 Å². The van der Waals surface area contributed by atoms with Gasteiger partial charge in [0.05, 0.1) is 9.77 Å². The van der Waals surface area contributed by atoms with E-state index in [0.29, 0.717) is 5.92 Å². The molecule has 1 unspecified atom stereocenters. The largest absolute Gasteiger partial charge is 0.271 e. The summed E-state index contributed by atoms with van der Waals surface area (Å²) in [5.74, 6) is 0.709. The molecule has 1 aromatic rings. The molecule has 4 heteroatoms. The fraction of sp³-hybridized carbons (Fsp3) is 0.667. The van der Waals surface area contributed by atoms with E-state index in [-0.39, 0.29) is 0 Å². The second kappa shape index (κ2) is 6.01. The van der Waals surface area contributed by atoms with Crippen molar-refractivity contribution in [3.63, 3.8) is 0 Å². The smallest absolute Gasteiger partial charge is 0.0623 e. The van der Waals surface area contributed by atoms with E-state index in [9.17, 15) is 0 Å². The lowest BCUT2D eigenvalue weighted by molar-refractivity contribution is 0.428. The van der Waals surface area contributed by atoms with Gasteiger partial charge in [-0.05, 0) is 34.9 Å². The van der Waals surface area contributed by atoms with Crippen molar-refractivity contribution >= 4 is 38.5 Å². The van der Waals surface area contributed by atoms with Crippen LogP contribution in [0.1, 0.15) is 19.8 Å².